The van der Waals surface area contributed by atoms with Gasteiger partial charge in [0, 0.05) is 35.9 Å². The molecule has 1 atom stereocenters. The van der Waals surface area contributed by atoms with E-state index >= 15 is 0 Å². The summed E-state index contributed by atoms with van der Waals surface area (Å²) < 4.78 is 0. The Morgan fingerprint density at radius 2 is 2.05 bits per heavy atom. The molecule has 0 aliphatic heterocycles. The van der Waals surface area contributed by atoms with Crippen molar-refractivity contribution < 1.29 is 10.2 Å². The van der Waals surface area contributed by atoms with Crippen LogP contribution in [0, 0.1) is 6.92 Å². The van der Waals surface area contributed by atoms with Crippen LogP contribution in [0.3, 0.4) is 0 Å². The van der Waals surface area contributed by atoms with Crippen molar-refractivity contribution in [1.29, 1.82) is 0 Å². The van der Waals surface area contributed by atoms with E-state index < -0.39 is 0 Å². The molecule has 0 saturated heterocycles. The van der Waals surface area contributed by atoms with Crippen LogP contribution in [0.15, 0.2) is 35.7 Å². The molecule has 2 aromatic rings. The summed E-state index contributed by atoms with van der Waals surface area (Å²) >= 11 is 0. The number of aromatic nitrogens is 2. The van der Waals surface area contributed by atoms with Crippen LogP contribution in [-0.2, 0) is 6.61 Å². The van der Waals surface area contributed by atoms with Gasteiger partial charge >= 0.3 is 0 Å². The van der Waals surface area contributed by atoms with Gasteiger partial charge in [0.25, 0.3) is 0 Å². The quantitative estimate of drug-likeness (QED) is 0.835. The highest BCUT2D eigenvalue weighted by molar-refractivity contribution is 5.85. The lowest BCUT2D eigenvalue weighted by atomic mass is 10.1. The molecule has 0 spiro atoms. The summed E-state index contributed by atoms with van der Waals surface area (Å²) in [5.74, 6) is 0.0576. The van der Waals surface area contributed by atoms with Gasteiger partial charge in [-0.2, -0.15) is 0 Å². The first kappa shape index (κ1) is 14.1. The lowest BCUT2D eigenvalue weighted by molar-refractivity contribution is 0.280. The maximum Gasteiger partial charge on any atom is 0.145 e. The van der Waals surface area contributed by atoms with Crippen LogP contribution in [0.5, 0.6) is 5.75 Å². The van der Waals surface area contributed by atoms with Crippen LogP contribution in [0.2, 0.25) is 0 Å². The third-order valence-corrected chi connectivity index (χ3v) is 3.14. The van der Waals surface area contributed by atoms with E-state index in [0.29, 0.717) is 16.8 Å². The Balaban J connectivity index is 2.30. The Labute approximate surface area is 117 Å². The van der Waals surface area contributed by atoms with E-state index in [1.807, 2.05) is 19.1 Å². The topological polar surface area (TPSA) is 78.6 Å². The largest absolute Gasteiger partial charge is 0.505 e. The van der Waals surface area contributed by atoms with Gasteiger partial charge in [-0.15, -0.1) is 0 Å². The Kier molecular flexibility index (Phi) is 4.42. The van der Waals surface area contributed by atoms with Crippen molar-refractivity contribution in [3.05, 3.63) is 53.1 Å². The third-order valence-electron chi connectivity index (χ3n) is 3.14. The summed E-state index contributed by atoms with van der Waals surface area (Å²) in [5.41, 5.74) is 2.62. The van der Waals surface area contributed by atoms with E-state index in [1.165, 1.54) is 0 Å². The molecule has 5 nitrogen and oxygen atoms in total. The lowest BCUT2D eigenvalue weighted by Crippen LogP contribution is -1.99. The van der Waals surface area contributed by atoms with Gasteiger partial charge in [-0.25, -0.2) is 0 Å². The Morgan fingerprint density at radius 3 is 2.70 bits per heavy atom. The molecule has 0 radical (unpaired) electrons. The van der Waals surface area contributed by atoms with Crippen molar-refractivity contribution >= 4 is 6.21 Å². The molecule has 5 heteroatoms. The van der Waals surface area contributed by atoms with Crippen LogP contribution >= 0.6 is 0 Å². The highest BCUT2D eigenvalue weighted by Crippen LogP contribution is 2.23. The van der Waals surface area contributed by atoms with Gasteiger partial charge in [0.1, 0.15) is 5.75 Å². The number of nitrogens with zero attached hydrogens (tertiary/aromatic N) is 3. The normalized spacial score (nSPS) is 12.8. The Bertz CT molecular complexity index is 612. The molecule has 0 saturated carbocycles. The standard InChI is InChI=1S/C15H17N3O2/c1-10(12-3-5-16-6-4-12)18-8-14-13(9-19)7-17-11(2)15(14)20/h3-8,10,19-20H,9H2,1-2H3/t10-/m0/s1. The Hall–Kier alpha value is -2.27. The summed E-state index contributed by atoms with van der Waals surface area (Å²) in [6.07, 6.45) is 6.57. The Morgan fingerprint density at radius 1 is 1.35 bits per heavy atom. The van der Waals surface area contributed by atoms with Crippen LogP contribution in [-0.4, -0.2) is 26.4 Å². The minimum atomic E-state index is -0.189. The molecule has 0 aromatic carbocycles. The number of pyridine rings is 2. The highest BCUT2D eigenvalue weighted by atomic mass is 16.3. The number of aliphatic hydroxyl groups excluding tert-OH is 1. The summed E-state index contributed by atoms with van der Waals surface area (Å²) in [6.45, 7) is 3.47. The molecule has 104 valence electrons. The van der Waals surface area contributed by atoms with Crippen molar-refractivity contribution in [2.24, 2.45) is 4.99 Å². The minimum absolute atomic E-state index is 0.0576. The summed E-state index contributed by atoms with van der Waals surface area (Å²) in [4.78, 5) is 12.4. The van der Waals surface area contributed by atoms with Crippen molar-refractivity contribution in [2.45, 2.75) is 26.5 Å². The molecule has 0 bridgehead atoms. The zero-order chi connectivity index (χ0) is 14.5. The van der Waals surface area contributed by atoms with E-state index in [-0.39, 0.29) is 18.4 Å². The number of aryl methyl sites for hydroxylation is 1. The molecular weight excluding hydrogens is 254 g/mol. The number of hydrogen-bond acceptors (Lipinski definition) is 5. The zero-order valence-electron chi connectivity index (χ0n) is 11.5. The predicted molar refractivity (Wildman–Crippen MR) is 76.8 cm³/mol. The first-order valence-electron chi connectivity index (χ1n) is 6.35. The smallest absolute Gasteiger partial charge is 0.145 e. The van der Waals surface area contributed by atoms with Crippen LogP contribution < -0.4 is 0 Å². The fourth-order valence-corrected chi connectivity index (χ4v) is 1.84. The molecule has 2 aromatic heterocycles. The second kappa shape index (κ2) is 6.25. The number of aliphatic imine (C=N–C) groups is 1. The summed E-state index contributed by atoms with van der Waals surface area (Å²) in [7, 11) is 0. The molecule has 2 heterocycles. The SMILES string of the molecule is Cc1ncc(CO)c(C=N[C@@H](C)c2ccncc2)c1O. The molecule has 0 aliphatic rings. The van der Waals surface area contributed by atoms with E-state index in [2.05, 4.69) is 15.0 Å². The van der Waals surface area contributed by atoms with Gasteiger partial charge in [0.2, 0.25) is 0 Å². The van der Waals surface area contributed by atoms with E-state index in [0.717, 1.165) is 5.56 Å². The summed E-state index contributed by atoms with van der Waals surface area (Å²) in [5, 5.41) is 19.3. The monoisotopic (exact) mass is 271 g/mol. The van der Waals surface area contributed by atoms with Gasteiger partial charge in [0.15, 0.2) is 0 Å². The van der Waals surface area contributed by atoms with E-state index in [4.69, 9.17) is 0 Å². The van der Waals surface area contributed by atoms with Crippen molar-refractivity contribution in [3.8, 4) is 5.75 Å². The molecule has 2 N–H and O–H groups in total. The number of rotatable bonds is 4. The molecule has 0 unspecified atom stereocenters. The van der Waals surface area contributed by atoms with Gasteiger partial charge in [-0.05, 0) is 31.5 Å². The number of hydrogen-bond donors (Lipinski definition) is 2. The molecule has 0 fully saturated rings. The average Bonchev–Trinajstić information content (AvgIpc) is 2.49. The number of aliphatic hydroxyl groups is 1. The van der Waals surface area contributed by atoms with E-state index in [1.54, 1.807) is 31.7 Å². The molecule has 20 heavy (non-hydrogen) atoms. The zero-order valence-corrected chi connectivity index (χ0v) is 11.5. The molecule has 0 aliphatic carbocycles. The van der Waals surface area contributed by atoms with Gasteiger partial charge in [-0.3, -0.25) is 15.0 Å². The van der Waals surface area contributed by atoms with Gasteiger partial charge in [-0.1, -0.05) is 0 Å². The summed E-state index contributed by atoms with van der Waals surface area (Å²) in [6, 6.07) is 3.73. The second-order valence-electron chi connectivity index (χ2n) is 4.52. The highest BCUT2D eigenvalue weighted by Gasteiger charge is 2.10. The third kappa shape index (κ3) is 3.00. The minimum Gasteiger partial charge on any atom is -0.505 e. The average molecular weight is 271 g/mol. The maximum atomic E-state index is 10.0. The van der Waals surface area contributed by atoms with Crippen LogP contribution in [0.1, 0.15) is 35.3 Å². The van der Waals surface area contributed by atoms with Crippen molar-refractivity contribution in [1.82, 2.24) is 9.97 Å². The van der Waals surface area contributed by atoms with Gasteiger partial charge in [0.05, 0.1) is 18.3 Å². The lowest BCUT2D eigenvalue weighted by Gasteiger charge is -2.09. The fourth-order valence-electron chi connectivity index (χ4n) is 1.84. The first-order chi connectivity index (χ1) is 9.63. The van der Waals surface area contributed by atoms with Crippen molar-refractivity contribution in [2.75, 3.05) is 0 Å². The number of aromatic hydroxyl groups is 1. The van der Waals surface area contributed by atoms with Crippen LogP contribution in [0.4, 0.5) is 0 Å². The van der Waals surface area contributed by atoms with Crippen molar-refractivity contribution in [3.63, 3.8) is 0 Å². The first-order valence-corrected chi connectivity index (χ1v) is 6.35. The van der Waals surface area contributed by atoms with Gasteiger partial charge < -0.3 is 10.2 Å². The maximum absolute atomic E-state index is 10.0. The second-order valence-corrected chi connectivity index (χ2v) is 4.52. The molecular formula is C15H17N3O2. The van der Waals surface area contributed by atoms with Crippen LogP contribution in [0.25, 0.3) is 0 Å². The predicted octanol–water partition coefficient (Wildman–Crippen LogP) is 2.16. The molecule has 0 amide bonds. The van der Waals surface area contributed by atoms with E-state index in [9.17, 15) is 10.2 Å². The molecule has 2 rings (SSSR count). The fraction of sp³-hybridized carbons (Fsp3) is 0.267.